The molecule has 0 aliphatic rings. The Labute approximate surface area is 158 Å². The van der Waals surface area contributed by atoms with Crippen molar-refractivity contribution in [3.8, 4) is 0 Å². The molecule has 0 spiro atoms. The standard InChI is InChI=1S/C17H25N3O3S2/c1-11(2)15(16(22)23)20(3)14(21)9-10-18-17(24)19-12-5-7-13(25-4)8-6-12/h5-8,11,15H,9-10H2,1-4H3,(H,22,23)(H2,18,19,24). The molecule has 138 valence electrons. The molecule has 0 aliphatic heterocycles. The molecule has 0 saturated carbocycles. The molecule has 1 unspecified atom stereocenters. The van der Waals surface area contributed by atoms with Gasteiger partial charge in [0, 0.05) is 30.6 Å². The number of nitrogens with one attached hydrogen (secondary N) is 2. The van der Waals surface area contributed by atoms with E-state index >= 15 is 0 Å². The number of rotatable bonds is 8. The Morgan fingerprint density at radius 2 is 1.88 bits per heavy atom. The Morgan fingerprint density at radius 3 is 2.36 bits per heavy atom. The van der Waals surface area contributed by atoms with Crippen molar-refractivity contribution < 1.29 is 14.7 Å². The predicted octanol–water partition coefficient (Wildman–Crippen LogP) is 2.65. The average molecular weight is 384 g/mol. The molecule has 1 aromatic carbocycles. The molecule has 6 nitrogen and oxygen atoms in total. The Morgan fingerprint density at radius 1 is 1.28 bits per heavy atom. The molecule has 1 aromatic rings. The van der Waals surface area contributed by atoms with Gasteiger partial charge in [-0.05, 0) is 48.7 Å². The predicted molar refractivity (Wildman–Crippen MR) is 106 cm³/mol. The maximum atomic E-state index is 12.2. The zero-order chi connectivity index (χ0) is 19.0. The molecule has 0 radical (unpaired) electrons. The van der Waals surface area contributed by atoms with Gasteiger partial charge in [-0.2, -0.15) is 0 Å². The second-order valence-electron chi connectivity index (χ2n) is 5.89. The first-order chi connectivity index (χ1) is 11.8. The van der Waals surface area contributed by atoms with E-state index in [1.807, 2.05) is 30.5 Å². The minimum Gasteiger partial charge on any atom is -0.480 e. The number of carbonyl (C=O) groups is 2. The fraction of sp³-hybridized carbons (Fsp3) is 0.471. The van der Waals surface area contributed by atoms with Crippen LogP contribution in [0.4, 0.5) is 5.69 Å². The summed E-state index contributed by atoms with van der Waals surface area (Å²) in [5.74, 6) is -1.39. The van der Waals surface area contributed by atoms with Crippen molar-refractivity contribution in [3.05, 3.63) is 24.3 Å². The van der Waals surface area contributed by atoms with E-state index in [-0.39, 0.29) is 18.2 Å². The zero-order valence-electron chi connectivity index (χ0n) is 14.9. The number of carbonyl (C=O) groups excluding carboxylic acids is 1. The van der Waals surface area contributed by atoms with Gasteiger partial charge in [0.15, 0.2) is 5.11 Å². The highest BCUT2D eigenvalue weighted by molar-refractivity contribution is 7.98. The summed E-state index contributed by atoms with van der Waals surface area (Å²) < 4.78 is 0. The van der Waals surface area contributed by atoms with Crippen LogP contribution in [0, 0.1) is 5.92 Å². The van der Waals surface area contributed by atoms with Gasteiger partial charge in [-0.25, -0.2) is 4.79 Å². The number of aliphatic carboxylic acids is 1. The summed E-state index contributed by atoms with van der Waals surface area (Å²) in [4.78, 5) is 25.9. The molecule has 0 fully saturated rings. The summed E-state index contributed by atoms with van der Waals surface area (Å²) in [6, 6.07) is 7.02. The Bertz CT molecular complexity index is 606. The highest BCUT2D eigenvalue weighted by Gasteiger charge is 2.28. The molecule has 0 saturated heterocycles. The van der Waals surface area contributed by atoms with Crippen LogP contribution in [0.25, 0.3) is 0 Å². The van der Waals surface area contributed by atoms with Crippen molar-refractivity contribution in [3.63, 3.8) is 0 Å². The minimum atomic E-state index is -0.996. The van der Waals surface area contributed by atoms with Crippen molar-refractivity contribution in [2.45, 2.75) is 31.2 Å². The Kier molecular flexibility index (Phi) is 8.71. The Hall–Kier alpha value is -1.80. The molecule has 25 heavy (non-hydrogen) atoms. The van der Waals surface area contributed by atoms with Crippen LogP contribution in [-0.4, -0.2) is 52.9 Å². The number of thioether (sulfide) groups is 1. The van der Waals surface area contributed by atoms with Crippen molar-refractivity contribution in [2.24, 2.45) is 5.92 Å². The average Bonchev–Trinajstić information content (AvgIpc) is 2.54. The van der Waals surface area contributed by atoms with E-state index in [9.17, 15) is 14.7 Å². The molecular formula is C17H25N3O3S2. The molecule has 1 amide bonds. The van der Waals surface area contributed by atoms with Gasteiger partial charge in [0.25, 0.3) is 0 Å². The van der Waals surface area contributed by atoms with Gasteiger partial charge >= 0.3 is 5.97 Å². The van der Waals surface area contributed by atoms with Gasteiger partial charge in [0.05, 0.1) is 0 Å². The van der Waals surface area contributed by atoms with Crippen LogP contribution in [-0.2, 0) is 9.59 Å². The van der Waals surface area contributed by atoms with E-state index in [1.165, 1.54) is 11.9 Å². The lowest BCUT2D eigenvalue weighted by molar-refractivity contribution is -0.150. The fourth-order valence-electron chi connectivity index (χ4n) is 2.36. The van der Waals surface area contributed by atoms with Crippen LogP contribution in [0.15, 0.2) is 29.2 Å². The first-order valence-corrected chi connectivity index (χ1v) is 9.57. The number of hydrogen-bond donors (Lipinski definition) is 3. The molecule has 1 atom stereocenters. The second-order valence-corrected chi connectivity index (χ2v) is 7.18. The third-order valence-corrected chi connectivity index (χ3v) is 4.66. The SMILES string of the molecule is CSc1ccc(NC(=S)NCCC(=O)N(C)C(C(=O)O)C(C)C)cc1. The van der Waals surface area contributed by atoms with Crippen LogP contribution in [0.5, 0.6) is 0 Å². The number of anilines is 1. The van der Waals surface area contributed by atoms with Crippen LogP contribution in [0.2, 0.25) is 0 Å². The van der Waals surface area contributed by atoms with Gasteiger partial charge in [-0.3, -0.25) is 4.79 Å². The summed E-state index contributed by atoms with van der Waals surface area (Å²) >= 11 is 6.87. The van der Waals surface area contributed by atoms with Crippen molar-refractivity contribution >= 4 is 46.7 Å². The summed E-state index contributed by atoms with van der Waals surface area (Å²) in [5, 5.41) is 15.7. The van der Waals surface area contributed by atoms with E-state index in [4.69, 9.17) is 12.2 Å². The molecule has 0 heterocycles. The number of carboxylic acid groups (broad SMARTS) is 1. The number of hydrogen-bond acceptors (Lipinski definition) is 4. The highest BCUT2D eigenvalue weighted by atomic mass is 32.2. The normalized spacial score (nSPS) is 11.7. The molecule has 0 bridgehead atoms. The van der Waals surface area contributed by atoms with Crippen molar-refractivity contribution in [2.75, 3.05) is 25.2 Å². The van der Waals surface area contributed by atoms with Gasteiger partial charge in [0.2, 0.25) is 5.91 Å². The lowest BCUT2D eigenvalue weighted by Crippen LogP contribution is -2.46. The third-order valence-electron chi connectivity index (χ3n) is 3.67. The maximum absolute atomic E-state index is 12.2. The molecule has 1 rings (SSSR count). The first-order valence-electron chi connectivity index (χ1n) is 7.93. The number of likely N-dealkylation sites (N-methyl/N-ethyl adjacent to an activating group) is 1. The largest absolute Gasteiger partial charge is 0.480 e. The summed E-state index contributed by atoms with van der Waals surface area (Å²) in [6.45, 7) is 3.90. The van der Waals surface area contributed by atoms with E-state index in [1.54, 1.807) is 25.6 Å². The van der Waals surface area contributed by atoms with E-state index < -0.39 is 12.0 Å². The number of amides is 1. The van der Waals surface area contributed by atoms with E-state index in [0.717, 1.165) is 10.6 Å². The van der Waals surface area contributed by atoms with Crippen LogP contribution >= 0.6 is 24.0 Å². The van der Waals surface area contributed by atoms with Gasteiger partial charge in [-0.15, -0.1) is 11.8 Å². The van der Waals surface area contributed by atoms with Crippen LogP contribution in [0.3, 0.4) is 0 Å². The van der Waals surface area contributed by atoms with Crippen LogP contribution < -0.4 is 10.6 Å². The molecule has 3 N–H and O–H groups in total. The third kappa shape index (κ3) is 6.91. The number of thiocarbonyl (C=S) groups is 1. The molecular weight excluding hydrogens is 358 g/mol. The lowest BCUT2D eigenvalue weighted by atomic mass is 10.0. The highest BCUT2D eigenvalue weighted by Crippen LogP contribution is 2.17. The summed E-state index contributed by atoms with van der Waals surface area (Å²) in [5.41, 5.74) is 0.865. The zero-order valence-corrected chi connectivity index (χ0v) is 16.5. The second kappa shape index (κ2) is 10.2. The number of benzene rings is 1. The molecule has 8 heteroatoms. The Balaban J connectivity index is 2.43. The van der Waals surface area contributed by atoms with E-state index in [0.29, 0.717) is 11.7 Å². The van der Waals surface area contributed by atoms with Crippen molar-refractivity contribution in [1.82, 2.24) is 10.2 Å². The number of nitrogens with zero attached hydrogens (tertiary/aromatic N) is 1. The van der Waals surface area contributed by atoms with Gasteiger partial charge in [0.1, 0.15) is 6.04 Å². The fourth-order valence-corrected chi connectivity index (χ4v) is 2.99. The maximum Gasteiger partial charge on any atom is 0.326 e. The minimum absolute atomic E-state index is 0.161. The quantitative estimate of drug-likeness (QED) is 0.470. The number of carboxylic acids is 1. The lowest BCUT2D eigenvalue weighted by Gasteiger charge is -2.27. The van der Waals surface area contributed by atoms with E-state index in [2.05, 4.69) is 10.6 Å². The first kappa shape index (κ1) is 21.2. The molecule has 0 aliphatic carbocycles. The molecule has 0 aromatic heterocycles. The summed E-state index contributed by atoms with van der Waals surface area (Å²) in [7, 11) is 1.52. The van der Waals surface area contributed by atoms with Gasteiger partial charge in [-0.1, -0.05) is 13.8 Å². The smallest absolute Gasteiger partial charge is 0.326 e. The van der Waals surface area contributed by atoms with Crippen molar-refractivity contribution in [1.29, 1.82) is 0 Å². The summed E-state index contributed by atoms with van der Waals surface area (Å²) in [6.07, 6.45) is 2.18. The topological polar surface area (TPSA) is 81.7 Å². The van der Waals surface area contributed by atoms with Gasteiger partial charge < -0.3 is 20.6 Å². The monoisotopic (exact) mass is 383 g/mol. The van der Waals surface area contributed by atoms with Crippen LogP contribution in [0.1, 0.15) is 20.3 Å².